The molecule has 1 spiro atoms. The van der Waals surface area contributed by atoms with Gasteiger partial charge in [-0.1, -0.05) is 42.3 Å². The van der Waals surface area contributed by atoms with E-state index >= 15 is 0 Å². The van der Waals surface area contributed by atoms with Crippen molar-refractivity contribution in [2.24, 2.45) is 5.41 Å². The second kappa shape index (κ2) is 15.3. The molecule has 1 aromatic heterocycles. The number of nitrogens with zero attached hydrogens (tertiary/aromatic N) is 1. The van der Waals surface area contributed by atoms with Crippen LogP contribution in [0.2, 0.25) is 5.02 Å². The molecule has 1 saturated heterocycles. The summed E-state index contributed by atoms with van der Waals surface area (Å²) in [5, 5.41) is 11.0. The zero-order valence-electron chi connectivity index (χ0n) is 31.8. The molecule has 4 aromatic rings. The van der Waals surface area contributed by atoms with Gasteiger partial charge >= 0.3 is 12.3 Å². The normalized spacial score (nSPS) is 24.1. The Labute approximate surface area is 329 Å². The lowest BCUT2D eigenvalue weighted by atomic mass is 9.65. The van der Waals surface area contributed by atoms with E-state index in [1.54, 1.807) is 31.3 Å². The minimum absolute atomic E-state index is 0.0145. The first-order valence-corrected chi connectivity index (χ1v) is 19.2. The molecule has 1 amide bonds. The molecule has 2 bridgehead atoms. The highest BCUT2D eigenvalue weighted by Gasteiger charge is 2.64. The number of halogens is 4. The van der Waals surface area contributed by atoms with Gasteiger partial charge in [-0.15, -0.1) is 0 Å². The summed E-state index contributed by atoms with van der Waals surface area (Å²) >= 11 is 6.33. The first-order valence-electron chi connectivity index (χ1n) is 18.8. The van der Waals surface area contributed by atoms with Crippen molar-refractivity contribution in [2.75, 3.05) is 20.8 Å². The Morgan fingerprint density at radius 2 is 1.82 bits per heavy atom. The van der Waals surface area contributed by atoms with E-state index < -0.39 is 40.7 Å². The van der Waals surface area contributed by atoms with Crippen molar-refractivity contribution >= 4 is 23.5 Å². The van der Waals surface area contributed by atoms with E-state index in [4.69, 9.17) is 30.2 Å². The largest absolute Gasteiger partial charge is 0.497 e. The van der Waals surface area contributed by atoms with Gasteiger partial charge in [0.15, 0.2) is 5.76 Å². The summed E-state index contributed by atoms with van der Waals surface area (Å²) in [4.78, 5) is 30.1. The van der Waals surface area contributed by atoms with E-state index in [0.717, 1.165) is 34.9 Å². The highest BCUT2D eigenvalue weighted by molar-refractivity contribution is 6.33. The first-order chi connectivity index (χ1) is 26.6. The summed E-state index contributed by atoms with van der Waals surface area (Å²) in [6.07, 6.45) is 0.634. The molecule has 4 aliphatic rings. The molecule has 2 heterocycles. The fraction of sp³-hybridized carbons (Fsp3) is 0.409. The van der Waals surface area contributed by atoms with Crippen LogP contribution in [-0.4, -0.2) is 54.4 Å². The Bertz CT molecular complexity index is 2180. The zero-order valence-corrected chi connectivity index (χ0v) is 32.6. The molecule has 2 fully saturated rings. The van der Waals surface area contributed by atoms with Gasteiger partial charge in [0.1, 0.15) is 22.9 Å². The Morgan fingerprint density at radius 3 is 2.57 bits per heavy atom. The van der Waals surface area contributed by atoms with Crippen LogP contribution in [0.5, 0.6) is 11.5 Å². The van der Waals surface area contributed by atoms with Gasteiger partial charge in [0, 0.05) is 28.2 Å². The first kappa shape index (κ1) is 39.5. The van der Waals surface area contributed by atoms with Gasteiger partial charge in [0.2, 0.25) is 5.78 Å². The molecule has 0 radical (unpaired) electrons. The van der Waals surface area contributed by atoms with Crippen LogP contribution >= 0.6 is 11.6 Å². The SMILES string of the molecule is COc1ccc(CN2CC3(CCC4c5ccc(cc5C(=O)c5ccc(-c6cc(C(F)(F)F)ccc6Cl)o5)CC(O)CCC(C)=CCCC43C)OC2=O)c(OC)c1. The van der Waals surface area contributed by atoms with Gasteiger partial charge in [-0.05, 0) is 117 Å². The van der Waals surface area contributed by atoms with Crippen LogP contribution in [0.25, 0.3) is 11.3 Å². The Kier molecular flexibility index (Phi) is 10.8. The van der Waals surface area contributed by atoms with Gasteiger partial charge in [-0.3, -0.25) is 9.69 Å². The van der Waals surface area contributed by atoms with E-state index in [-0.39, 0.29) is 34.6 Å². The number of ketones is 1. The number of aliphatic hydroxyl groups is 1. The molecule has 4 unspecified atom stereocenters. The third-order valence-electron chi connectivity index (χ3n) is 12.1. The van der Waals surface area contributed by atoms with Gasteiger partial charge in [-0.2, -0.15) is 13.2 Å². The molecular weight excluding hydrogens is 747 g/mol. The number of alkyl halides is 3. The van der Waals surface area contributed by atoms with Gasteiger partial charge < -0.3 is 23.7 Å². The van der Waals surface area contributed by atoms with Crippen molar-refractivity contribution in [1.29, 1.82) is 0 Å². The monoisotopic (exact) mass is 791 g/mol. The highest BCUT2D eigenvalue weighted by atomic mass is 35.5. The van der Waals surface area contributed by atoms with Crippen molar-refractivity contribution in [3.8, 4) is 22.8 Å². The number of hydrogen-bond acceptors (Lipinski definition) is 7. The maximum Gasteiger partial charge on any atom is 0.416 e. The number of carbonyl (C=O) groups is 2. The van der Waals surface area contributed by atoms with Crippen LogP contribution in [0.15, 0.2) is 82.8 Å². The van der Waals surface area contributed by atoms with Crippen molar-refractivity contribution in [1.82, 2.24) is 4.90 Å². The highest BCUT2D eigenvalue weighted by Crippen LogP contribution is 2.62. The van der Waals surface area contributed by atoms with Crippen LogP contribution in [0, 0.1) is 5.41 Å². The summed E-state index contributed by atoms with van der Waals surface area (Å²) in [5.74, 6) is 0.515. The van der Waals surface area contributed by atoms with Crippen molar-refractivity contribution in [3.05, 3.63) is 117 Å². The smallest absolute Gasteiger partial charge is 0.416 e. The third-order valence-corrected chi connectivity index (χ3v) is 12.4. The number of methoxy groups -OCH3 is 2. The summed E-state index contributed by atoms with van der Waals surface area (Å²) in [5.41, 5.74) is 1.48. The number of ether oxygens (including phenoxy) is 3. The van der Waals surface area contributed by atoms with Crippen LogP contribution in [-0.2, 0) is 23.9 Å². The second-order valence-corrected chi connectivity index (χ2v) is 15.9. The molecule has 12 heteroatoms. The minimum atomic E-state index is -4.60. The van der Waals surface area contributed by atoms with Gasteiger partial charge in [0.25, 0.3) is 0 Å². The molecule has 1 N–H and O–H groups in total. The Balaban J connectivity index is 1.27. The molecule has 4 atom stereocenters. The average Bonchev–Trinajstić information content (AvgIpc) is 3.86. The van der Waals surface area contributed by atoms with E-state index in [0.29, 0.717) is 68.6 Å². The average molecular weight is 792 g/mol. The summed E-state index contributed by atoms with van der Waals surface area (Å²) in [6, 6.07) is 17.0. The number of hydrogen-bond donors (Lipinski definition) is 1. The van der Waals surface area contributed by atoms with Crippen LogP contribution in [0.3, 0.4) is 0 Å². The third kappa shape index (κ3) is 7.43. The molecule has 296 valence electrons. The minimum Gasteiger partial charge on any atom is -0.497 e. The number of furan rings is 1. The molecule has 1 saturated carbocycles. The number of allylic oxidation sites excluding steroid dienone is 2. The van der Waals surface area contributed by atoms with E-state index in [1.807, 2.05) is 24.3 Å². The molecule has 1 aliphatic heterocycles. The van der Waals surface area contributed by atoms with E-state index in [1.165, 1.54) is 17.7 Å². The lowest BCUT2D eigenvalue weighted by Gasteiger charge is -2.43. The Hall–Kier alpha value is -4.74. The lowest BCUT2D eigenvalue weighted by molar-refractivity contribution is -0.137. The number of fused-ring (bicyclic) bond motifs is 8. The molecule has 3 aromatic carbocycles. The molecule has 3 aliphatic carbocycles. The second-order valence-electron chi connectivity index (χ2n) is 15.5. The number of rotatable bonds is 7. The quantitative estimate of drug-likeness (QED) is 0.147. The summed E-state index contributed by atoms with van der Waals surface area (Å²) < 4.78 is 64.3. The summed E-state index contributed by atoms with van der Waals surface area (Å²) in [6.45, 7) is 4.82. The molecule has 8 nitrogen and oxygen atoms in total. The van der Waals surface area contributed by atoms with Crippen LogP contribution in [0.4, 0.5) is 18.0 Å². The molecule has 56 heavy (non-hydrogen) atoms. The van der Waals surface area contributed by atoms with E-state index in [2.05, 4.69) is 19.9 Å². The number of benzene rings is 3. The van der Waals surface area contributed by atoms with Gasteiger partial charge in [0.05, 0.1) is 44.0 Å². The lowest BCUT2D eigenvalue weighted by Crippen LogP contribution is -2.48. The molecule has 8 rings (SSSR count). The standard InChI is InChI=1S/C44H45ClF3NO7/c1-26-6-5-18-42(2)35(17-19-43(42)25-49(41(52)56-43)24-28-9-12-31(53-3)23-39(28)54-4)32-13-8-27(20-30(50)11-7-26)21-33(32)40(51)38-16-15-37(55-38)34-22-29(44(46,47)48)10-14-36(34)45/h6,8-10,12-16,21-23,30,35,50H,5,7,11,17-20,24-25H2,1-4H3. The number of carbonyl (C=O) groups excluding carboxylic acids is 2. The van der Waals surface area contributed by atoms with E-state index in [9.17, 15) is 27.9 Å². The van der Waals surface area contributed by atoms with Crippen molar-refractivity contribution < 1.29 is 46.5 Å². The molecular formula is C44H45ClF3NO7. The van der Waals surface area contributed by atoms with Crippen molar-refractivity contribution in [2.45, 2.75) is 89.1 Å². The Morgan fingerprint density at radius 1 is 1.02 bits per heavy atom. The maximum atomic E-state index is 14.6. The fourth-order valence-corrected chi connectivity index (χ4v) is 9.13. The van der Waals surface area contributed by atoms with Crippen LogP contribution < -0.4 is 9.47 Å². The number of aliphatic hydroxyl groups excluding tert-OH is 1. The number of amides is 1. The van der Waals surface area contributed by atoms with Crippen LogP contribution in [0.1, 0.15) is 96.7 Å². The fourth-order valence-electron chi connectivity index (χ4n) is 8.92. The predicted octanol–water partition coefficient (Wildman–Crippen LogP) is 10.6. The summed E-state index contributed by atoms with van der Waals surface area (Å²) in [7, 11) is 3.15. The zero-order chi connectivity index (χ0) is 40.0. The van der Waals surface area contributed by atoms with Gasteiger partial charge in [-0.25, -0.2) is 4.79 Å². The predicted molar refractivity (Wildman–Crippen MR) is 205 cm³/mol. The maximum absolute atomic E-state index is 14.6. The van der Waals surface area contributed by atoms with Crippen molar-refractivity contribution in [3.63, 3.8) is 0 Å². The topological polar surface area (TPSA) is 98.4 Å².